The molecule has 252 valence electrons. The van der Waals surface area contributed by atoms with E-state index >= 15 is 0 Å². The lowest BCUT2D eigenvalue weighted by atomic mass is 10.0. The fourth-order valence-electron chi connectivity index (χ4n) is 5.27. The summed E-state index contributed by atoms with van der Waals surface area (Å²) in [5, 5.41) is 9.25. The van der Waals surface area contributed by atoms with E-state index in [2.05, 4.69) is 41.7 Å². The van der Waals surface area contributed by atoms with Crippen molar-refractivity contribution in [2.75, 3.05) is 36.2 Å². The zero-order valence-corrected chi connectivity index (χ0v) is 28.3. The molecular weight excluding hydrogens is 596 g/mol. The molecule has 3 amide bonds. The van der Waals surface area contributed by atoms with Crippen LogP contribution in [0.3, 0.4) is 0 Å². The predicted molar refractivity (Wildman–Crippen MR) is 187 cm³/mol. The number of nitrogens with one attached hydrogen (secondary N) is 3. The number of aryl methyl sites for hydroxylation is 2. The number of hydrogen-bond acceptors (Lipinski definition) is 7. The Morgan fingerprint density at radius 1 is 1.02 bits per heavy atom. The van der Waals surface area contributed by atoms with Gasteiger partial charge in [-0.3, -0.25) is 19.4 Å². The van der Waals surface area contributed by atoms with Gasteiger partial charge in [-0.25, -0.2) is 0 Å². The smallest absolute Gasteiger partial charge is 0.272 e. The average Bonchev–Trinajstić information content (AvgIpc) is 3.43. The first-order valence-electron chi connectivity index (χ1n) is 16.3. The van der Waals surface area contributed by atoms with Gasteiger partial charge < -0.3 is 34.9 Å². The largest absolute Gasteiger partial charge is 0.493 e. The van der Waals surface area contributed by atoms with Crippen LogP contribution in [0.2, 0.25) is 0 Å². The minimum Gasteiger partial charge on any atom is -0.493 e. The topological polar surface area (TPSA) is 126 Å². The maximum absolute atomic E-state index is 13.0. The van der Waals surface area contributed by atoms with E-state index in [0.717, 1.165) is 49.2 Å². The van der Waals surface area contributed by atoms with Gasteiger partial charge in [0.05, 0.1) is 31.1 Å². The Morgan fingerprint density at radius 2 is 1.77 bits per heavy atom. The van der Waals surface area contributed by atoms with Crippen LogP contribution in [0.15, 0.2) is 53.7 Å². The number of piperidine rings is 1. The third-order valence-corrected chi connectivity index (χ3v) is 8.46. The summed E-state index contributed by atoms with van der Waals surface area (Å²) in [5.41, 5.74) is 4.31. The Morgan fingerprint density at radius 3 is 2.47 bits per heavy atom. The van der Waals surface area contributed by atoms with Crippen LogP contribution in [0, 0.1) is 12.8 Å². The number of carbonyl (C=O) groups is 3. The van der Waals surface area contributed by atoms with Crippen molar-refractivity contribution in [3.05, 3.63) is 59.9 Å². The van der Waals surface area contributed by atoms with Crippen molar-refractivity contribution in [1.29, 1.82) is 0 Å². The molecule has 4 rings (SSSR count). The number of aliphatic imine (C=N–C) groups is 1. The Balaban J connectivity index is 1.27. The fourth-order valence-corrected chi connectivity index (χ4v) is 5.27. The minimum atomic E-state index is -0.270. The van der Waals surface area contributed by atoms with Crippen molar-refractivity contribution in [2.24, 2.45) is 18.0 Å². The van der Waals surface area contributed by atoms with Gasteiger partial charge in [0.25, 0.3) is 5.91 Å². The van der Waals surface area contributed by atoms with E-state index in [1.807, 2.05) is 49.5 Å². The molecule has 1 saturated heterocycles. The van der Waals surface area contributed by atoms with Gasteiger partial charge >= 0.3 is 0 Å². The van der Waals surface area contributed by atoms with E-state index in [1.54, 1.807) is 35.9 Å². The van der Waals surface area contributed by atoms with Crippen molar-refractivity contribution in [3.63, 3.8) is 0 Å². The fraction of sp³-hybridized carbons (Fsp3) is 0.444. The molecule has 0 spiro atoms. The van der Waals surface area contributed by atoms with E-state index in [4.69, 9.17) is 9.47 Å². The van der Waals surface area contributed by atoms with Crippen molar-refractivity contribution in [1.82, 2.24) is 9.47 Å². The first-order chi connectivity index (χ1) is 22.6. The first-order valence-corrected chi connectivity index (χ1v) is 16.3. The molecule has 1 aromatic heterocycles. The second-order valence-corrected chi connectivity index (χ2v) is 12.4. The number of likely N-dealkylation sites (tertiary alicyclic amines) is 1. The summed E-state index contributed by atoms with van der Waals surface area (Å²) in [6.45, 7) is 9.46. The second-order valence-electron chi connectivity index (χ2n) is 12.4. The van der Waals surface area contributed by atoms with Gasteiger partial charge in [-0.15, -0.1) is 0 Å². The van der Waals surface area contributed by atoms with Crippen LogP contribution in [0.4, 0.5) is 22.7 Å². The number of methoxy groups -OCH3 is 1. The maximum Gasteiger partial charge on any atom is 0.272 e. The number of amides is 3. The Bertz CT molecular complexity index is 1550. The molecule has 47 heavy (non-hydrogen) atoms. The number of rotatable bonds is 15. The van der Waals surface area contributed by atoms with Crippen molar-refractivity contribution >= 4 is 47.2 Å². The summed E-state index contributed by atoms with van der Waals surface area (Å²) >= 11 is 0. The third kappa shape index (κ3) is 9.84. The molecule has 2 aromatic carbocycles. The molecule has 3 aromatic rings. The lowest BCUT2D eigenvalue weighted by Gasteiger charge is -2.29. The molecule has 0 radical (unpaired) electrons. The van der Waals surface area contributed by atoms with Crippen LogP contribution < -0.4 is 25.4 Å². The molecule has 11 heteroatoms. The molecule has 0 bridgehead atoms. The molecular formula is C36H48N6O5. The number of carbonyl (C=O) groups excluding carboxylic acids is 3. The summed E-state index contributed by atoms with van der Waals surface area (Å²) in [6, 6.07) is 13.3. The summed E-state index contributed by atoms with van der Waals surface area (Å²) in [5.74, 6) is 1.17. The molecule has 2 heterocycles. The monoisotopic (exact) mass is 644 g/mol. The molecule has 0 aliphatic carbocycles. The molecule has 1 aliphatic rings. The summed E-state index contributed by atoms with van der Waals surface area (Å²) in [4.78, 5) is 43.5. The SMILES string of the molecule is COc1cc(C)c(/N=C\C2CCCCN2C=O)cc1OCCCC(=O)Nc1cc(C(=O)Nc2ccc(NC(C)C(C)C)cc2)n(C)c1. The van der Waals surface area contributed by atoms with Gasteiger partial charge in [-0.2, -0.15) is 0 Å². The van der Waals surface area contributed by atoms with E-state index in [9.17, 15) is 14.4 Å². The Kier molecular flexibility index (Phi) is 12.4. The summed E-state index contributed by atoms with van der Waals surface area (Å²) < 4.78 is 13.2. The van der Waals surface area contributed by atoms with Crippen molar-refractivity contribution in [3.8, 4) is 11.5 Å². The summed E-state index contributed by atoms with van der Waals surface area (Å²) in [7, 11) is 3.35. The van der Waals surface area contributed by atoms with Crippen molar-refractivity contribution in [2.45, 2.75) is 71.9 Å². The standard InChI is InChI=1S/C36H48N6O5/c1-24(2)26(4)38-27-12-14-28(15-13-27)40-36(45)32-19-29(22-41(32)5)39-35(44)11-9-17-47-34-20-31(25(3)18-33(34)46-6)37-21-30-10-7-8-16-42(30)23-43/h12-15,18-24,26,30,38H,7-11,16-17H2,1-6H3,(H,39,44)(H,40,45)/b37-21-. The lowest BCUT2D eigenvalue weighted by Crippen LogP contribution is -2.39. The highest BCUT2D eigenvalue weighted by atomic mass is 16.5. The van der Waals surface area contributed by atoms with Crippen LogP contribution in [-0.4, -0.2) is 66.3 Å². The zero-order chi connectivity index (χ0) is 33.9. The molecule has 3 N–H and O–H groups in total. The number of benzene rings is 2. The second kappa shape index (κ2) is 16.7. The third-order valence-electron chi connectivity index (χ3n) is 8.46. The first kappa shape index (κ1) is 35.1. The number of hydrogen-bond donors (Lipinski definition) is 3. The van der Waals surface area contributed by atoms with Gasteiger partial charge in [0, 0.05) is 55.9 Å². The number of anilines is 3. The van der Waals surface area contributed by atoms with Gasteiger partial charge in [0.2, 0.25) is 12.3 Å². The van der Waals surface area contributed by atoms with E-state index in [-0.39, 0.29) is 24.3 Å². The van der Waals surface area contributed by atoms with Gasteiger partial charge in [-0.1, -0.05) is 13.8 Å². The molecule has 1 fully saturated rings. The molecule has 0 saturated carbocycles. The zero-order valence-electron chi connectivity index (χ0n) is 28.3. The van der Waals surface area contributed by atoms with Gasteiger partial charge in [0.1, 0.15) is 5.69 Å². The minimum absolute atomic E-state index is 0.0146. The number of nitrogens with zero attached hydrogens (tertiary/aromatic N) is 3. The van der Waals surface area contributed by atoms with E-state index in [1.165, 1.54) is 0 Å². The van der Waals surface area contributed by atoms with Crippen LogP contribution in [0.25, 0.3) is 0 Å². The van der Waals surface area contributed by atoms with Crippen LogP contribution in [0.5, 0.6) is 11.5 Å². The normalized spacial score (nSPS) is 15.4. The molecule has 2 atom stereocenters. The average molecular weight is 645 g/mol. The van der Waals surface area contributed by atoms with Gasteiger partial charge in [-0.05, 0) is 87.4 Å². The lowest BCUT2D eigenvalue weighted by molar-refractivity contribution is -0.120. The van der Waals surface area contributed by atoms with Crippen LogP contribution >= 0.6 is 0 Å². The quantitative estimate of drug-likeness (QED) is 0.0977. The Hall–Kier alpha value is -4.80. The van der Waals surface area contributed by atoms with E-state index in [0.29, 0.717) is 53.6 Å². The molecule has 1 aliphatic heterocycles. The highest BCUT2D eigenvalue weighted by molar-refractivity contribution is 6.04. The highest BCUT2D eigenvalue weighted by Gasteiger charge is 2.19. The van der Waals surface area contributed by atoms with E-state index < -0.39 is 0 Å². The maximum atomic E-state index is 13.0. The highest BCUT2D eigenvalue weighted by Crippen LogP contribution is 2.35. The Labute approximate surface area is 277 Å². The number of ether oxygens (including phenoxy) is 2. The van der Waals surface area contributed by atoms with Crippen LogP contribution in [0.1, 0.15) is 68.9 Å². The number of aromatic nitrogens is 1. The summed E-state index contributed by atoms with van der Waals surface area (Å²) in [6.07, 6.45) is 8.11. The predicted octanol–water partition coefficient (Wildman–Crippen LogP) is 6.56. The molecule has 11 nitrogen and oxygen atoms in total. The van der Waals surface area contributed by atoms with Gasteiger partial charge in [0.15, 0.2) is 11.5 Å². The molecule has 2 unspecified atom stereocenters. The van der Waals surface area contributed by atoms with Crippen molar-refractivity contribution < 1.29 is 23.9 Å². The van der Waals surface area contributed by atoms with Crippen LogP contribution in [-0.2, 0) is 16.6 Å².